The number of nitrogens with zero attached hydrogens (tertiary/aromatic N) is 1. The van der Waals surface area contributed by atoms with Crippen LogP contribution in [0.5, 0.6) is 5.75 Å². The van der Waals surface area contributed by atoms with Crippen molar-refractivity contribution in [1.29, 1.82) is 0 Å². The van der Waals surface area contributed by atoms with E-state index in [0.29, 0.717) is 23.5 Å². The van der Waals surface area contributed by atoms with Crippen LogP contribution in [0.25, 0.3) is 0 Å². The monoisotopic (exact) mass is 1230 g/mol. The number of benzene rings is 4. The van der Waals surface area contributed by atoms with E-state index in [2.05, 4.69) is 78.2 Å². The Bertz CT molecular complexity index is 2900. The lowest BCUT2D eigenvalue weighted by Crippen LogP contribution is -2.68. The number of alkyl carbamates (subject to hydrolysis) is 1. The molecule has 0 fully saturated rings. The van der Waals surface area contributed by atoms with Gasteiger partial charge in [-0.1, -0.05) is 176 Å². The maximum Gasteiger partial charge on any atom is 0.408 e. The molecule has 18 nitrogen and oxygen atoms in total. The van der Waals surface area contributed by atoms with Crippen LogP contribution in [0.4, 0.5) is 4.79 Å². The van der Waals surface area contributed by atoms with E-state index in [1.807, 2.05) is 92.0 Å². The van der Waals surface area contributed by atoms with Crippen molar-refractivity contribution in [3.63, 3.8) is 0 Å². The van der Waals surface area contributed by atoms with Crippen molar-refractivity contribution >= 4 is 78.0 Å². The fourth-order valence-corrected chi connectivity index (χ4v) is 14.6. The van der Waals surface area contributed by atoms with Gasteiger partial charge in [0, 0.05) is 26.3 Å². The molecule has 0 aliphatic rings. The molecule has 0 aromatic heterocycles. The maximum absolute atomic E-state index is 15.2. The molecule has 0 bridgehead atoms. The maximum atomic E-state index is 15.2. The van der Waals surface area contributed by atoms with Gasteiger partial charge >= 0.3 is 26.3 Å². The summed E-state index contributed by atoms with van der Waals surface area (Å²) in [5, 5.41) is 15.3. The Labute approximate surface area is 520 Å². The molecule has 472 valence electrons. The minimum Gasteiger partial charge on any atom is -0.534 e. The number of nitrogens with one attached hydrogen (secondary N) is 5. The first kappa shape index (κ1) is 71.8. The van der Waals surface area contributed by atoms with Gasteiger partial charge in [-0.15, -0.1) is 0 Å². The van der Waals surface area contributed by atoms with Gasteiger partial charge in [0.2, 0.25) is 23.6 Å². The van der Waals surface area contributed by atoms with E-state index in [0.717, 1.165) is 28.8 Å². The molecule has 20 heteroatoms. The Hall–Kier alpha value is -7.71. The van der Waals surface area contributed by atoms with E-state index >= 15 is 9.59 Å². The van der Waals surface area contributed by atoms with Crippen LogP contribution in [0.2, 0.25) is 5.04 Å². The lowest BCUT2D eigenvalue weighted by atomic mass is 9.99. The quantitative estimate of drug-likeness (QED) is 0.00774. The molecule has 0 heterocycles. The third-order valence-corrected chi connectivity index (χ3v) is 20.0. The Morgan fingerprint density at radius 2 is 1.25 bits per heavy atom. The molecular weight excluding hydrogens is 1140 g/mol. The van der Waals surface area contributed by atoms with Gasteiger partial charge in [-0.25, -0.2) is 14.4 Å². The highest BCUT2D eigenvalue weighted by Crippen LogP contribution is 2.38. The number of amides is 6. The summed E-state index contributed by atoms with van der Waals surface area (Å²) >= 11 is 1.45. The van der Waals surface area contributed by atoms with Crippen LogP contribution in [0, 0.1) is 5.92 Å². The molecule has 5 N–H and O–H groups in total. The van der Waals surface area contributed by atoms with E-state index in [9.17, 15) is 28.8 Å². The predicted molar refractivity (Wildman–Crippen MR) is 345 cm³/mol. The second-order valence-corrected chi connectivity index (χ2v) is 29.0. The highest BCUT2D eigenvalue weighted by Gasteiger charge is 2.52. The Kier molecular flexibility index (Phi) is 28.5. The molecule has 4 rings (SSSR count). The van der Waals surface area contributed by atoms with Crippen LogP contribution in [0.3, 0.4) is 0 Å². The van der Waals surface area contributed by atoms with Gasteiger partial charge in [-0.05, 0) is 104 Å². The van der Waals surface area contributed by atoms with Crippen LogP contribution in [0.15, 0.2) is 140 Å². The second kappa shape index (κ2) is 34.6. The molecule has 87 heavy (non-hydrogen) atoms. The third kappa shape index (κ3) is 21.9. The largest absolute Gasteiger partial charge is 0.534 e. The molecule has 4 aromatic carbocycles. The highest BCUT2D eigenvalue weighted by molar-refractivity contribution is 7.98. The number of carbonyl (C=O) groups excluding carboxylic acids is 8. The van der Waals surface area contributed by atoms with Gasteiger partial charge in [0.05, 0.1) is 0 Å². The predicted octanol–water partition coefficient (Wildman–Crippen LogP) is 8.26. The zero-order valence-electron chi connectivity index (χ0n) is 53.0. The van der Waals surface area contributed by atoms with Crippen molar-refractivity contribution < 1.29 is 57.0 Å². The zero-order chi connectivity index (χ0) is 64.5. The van der Waals surface area contributed by atoms with Crippen LogP contribution in [-0.4, -0.2) is 128 Å². The van der Waals surface area contributed by atoms with E-state index < -0.39 is 97.8 Å². The van der Waals surface area contributed by atoms with Gasteiger partial charge < -0.3 is 50.1 Å². The van der Waals surface area contributed by atoms with Crippen molar-refractivity contribution in [3.05, 3.63) is 151 Å². The van der Waals surface area contributed by atoms with E-state index in [4.69, 9.17) is 18.6 Å². The van der Waals surface area contributed by atoms with Gasteiger partial charge in [0.15, 0.2) is 0 Å². The van der Waals surface area contributed by atoms with Crippen LogP contribution in [0.1, 0.15) is 119 Å². The molecule has 0 saturated heterocycles. The SMILES string of the molecule is C=CCOC(=O)/C(=C/C)NC(=O)[C@@H](NC(=O)[C@H](CCSC)NC(=O)CCCCC)[C@@H](C)OC(=O)[C@@H](NC(=O)[C@H](Cc1ccc(O[Si](c2ccccc2)(c2ccccc2)C(C)(C)C)cc1)N(C)C(=O)[C@H](Cc1ccccc1)NC(=O)OC(C)(C)C)C(C)C. The summed E-state index contributed by atoms with van der Waals surface area (Å²) in [6.07, 6.45) is 4.82. The number of thioether (sulfide) groups is 1. The molecule has 0 unspecified atom stereocenters. The Morgan fingerprint density at radius 3 is 1.77 bits per heavy atom. The van der Waals surface area contributed by atoms with Crippen LogP contribution < -0.4 is 41.4 Å². The standard InChI is InChI=1S/C67H92N6O12SSi/c1-15-18-22-35-56(74)68-53(40-42-86-14)59(75)72-58(61(77)69-52(17-3)63(79)82-41-16-2)46(6)83-64(80)57(45(4)5)71-60(76)55(73(13)62(78)54(43-47-29-23-19-24-30-47)70-65(81)84-66(7,8)9)44-48-36-38-49(39-37-48)85-87(67(10,11)12,50-31-25-20-26-32-50)51-33-27-21-28-34-51/h16-17,19-21,23-34,36-39,45-46,53-55,57-58H,2,15,18,22,35,40-44H2,1,3-14H3,(H,68,74)(H,69,77)(H,70,81)(H,71,76)(H,72,75)/b52-17-/t46-,53+,54+,55+,57+,58+/m1/s1. The molecule has 0 spiro atoms. The Morgan fingerprint density at radius 1 is 0.690 bits per heavy atom. The fraction of sp³-hybridized carbons (Fsp3) is 0.463. The van der Waals surface area contributed by atoms with Crippen molar-refractivity contribution in [2.45, 2.75) is 168 Å². The summed E-state index contributed by atoms with van der Waals surface area (Å²) in [5.41, 5.74) is 0.159. The molecule has 6 atom stereocenters. The van der Waals surface area contributed by atoms with Gasteiger partial charge in [0.25, 0.3) is 5.91 Å². The average Bonchev–Trinajstić information content (AvgIpc) is 1.54. The lowest BCUT2D eigenvalue weighted by molar-refractivity contribution is -0.157. The molecular formula is C67H92N6O12SSi. The summed E-state index contributed by atoms with van der Waals surface area (Å²) in [6, 6.07) is 30.0. The number of allylic oxidation sites excluding steroid dienone is 1. The molecule has 6 amide bonds. The number of unbranched alkanes of at least 4 members (excludes halogenated alkanes) is 2. The van der Waals surface area contributed by atoms with Crippen molar-refractivity contribution in [2.75, 3.05) is 25.7 Å². The summed E-state index contributed by atoms with van der Waals surface area (Å²) in [5.74, 6) is -4.95. The minimum absolute atomic E-state index is 0.0329. The molecule has 0 aliphatic heterocycles. The van der Waals surface area contributed by atoms with Gasteiger partial charge in [-0.3, -0.25) is 24.0 Å². The van der Waals surface area contributed by atoms with Gasteiger partial charge in [-0.2, -0.15) is 11.8 Å². The number of carbonyl (C=O) groups is 8. The smallest absolute Gasteiger partial charge is 0.408 e. The highest BCUT2D eigenvalue weighted by atomic mass is 32.2. The number of rotatable bonds is 32. The fourth-order valence-electron chi connectivity index (χ4n) is 9.74. The zero-order valence-corrected chi connectivity index (χ0v) is 54.8. The number of ether oxygens (including phenoxy) is 3. The first-order valence-electron chi connectivity index (χ1n) is 29.7. The Balaban J connectivity index is 1.78. The molecule has 0 aliphatic carbocycles. The third-order valence-electron chi connectivity index (χ3n) is 14.4. The van der Waals surface area contributed by atoms with E-state index in [1.165, 1.54) is 49.7 Å². The summed E-state index contributed by atoms with van der Waals surface area (Å²) in [7, 11) is -1.62. The molecule has 4 aromatic rings. The first-order valence-corrected chi connectivity index (χ1v) is 33.0. The first-order chi connectivity index (χ1) is 41.2. The number of esters is 2. The summed E-state index contributed by atoms with van der Waals surface area (Å²) in [6.45, 7) is 23.2. The van der Waals surface area contributed by atoms with Crippen LogP contribution in [-0.2, 0) is 60.6 Å². The van der Waals surface area contributed by atoms with Crippen molar-refractivity contribution in [3.8, 4) is 5.75 Å². The topological polar surface area (TPSA) is 237 Å². The lowest BCUT2D eigenvalue weighted by Gasteiger charge is -2.43. The number of hydrogen-bond acceptors (Lipinski definition) is 13. The van der Waals surface area contributed by atoms with E-state index in [1.54, 1.807) is 46.8 Å². The van der Waals surface area contributed by atoms with Crippen LogP contribution >= 0.6 is 11.8 Å². The average molecular weight is 1230 g/mol. The van der Waals surface area contributed by atoms with Gasteiger partial charge in [0.1, 0.15) is 60.0 Å². The van der Waals surface area contributed by atoms with E-state index in [-0.39, 0.29) is 48.9 Å². The second-order valence-electron chi connectivity index (χ2n) is 23.8. The normalized spacial score (nSPS) is 13.9. The summed E-state index contributed by atoms with van der Waals surface area (Å²) in [4.78, 5) is 114. The van der Waals surface area contributed by atoms with Crippen molar-refractivity contribution in [2.24, 2.45) is 5.92 Å². The minimum atomic E-state index is -3.07. The van der Waals surface area contributed by atoms with Crippen molar-refractivity contribution in [1.82, 2.24) is 31.5 Å². The molecule has 0 saturated carbocycles. The molecule has 0 radical (unpaired) electrons. The summed E-state index contributed by atoms with van der Waals surface area (Å²) < 4.78 is 24.1. The number of hydrogen-bond donors (Lipinski definition) is 5. The number of likely N-dealkylation sites (N-methyl/N-ethyl adjacent to an activating group) is 1.